The second kappa shape index (κ2) is 47.7. The molecule has 8 N–H and O–H groups in total. The normalized spacial score (nSPS) is 11.2. The first-order valence-corrected chi connectivity index (χ1v) is 24.0. The van der Waals surface area contributed by atoms with E-state index in [0.717, 1.165) is 42.1 Å². The van der Waals surface area contributed by atoms with Crippen LogP contribution in [0, 0.1) is 5.92 Å². The third-order valence-corrected chi connectivity index (χ3v) is 9.10. The third-order valence-electron chi connectivity index (χ3n) is 9.10. The lowest BCUT2D eigenvalue weighted by atomic mass is 10.0. The number of para-hydroxylation sites is 1. The van der Waals surface area contributed by atoms with Gasteiger partial charge in [0, 0.05) is 48.7 Å². The van der Waals surface area contributed by atoms with Crippen molar-refractivity contribution in [3.05, 3.63) is 48.2 Å². The number of amides is 6. The van der Waals surface area contributed by atoms with E-state index >= 15 is 0 Å². The molecule has 0 aliphatic heterocycles. The van der Waals surface area contributed by atoms with Crippen LogP contribution >= 0.6 is 0 Å². The molecule has 1 unspecified atom stereocenters. The molecular formula is C50H90N8O10. The first kappa shape index (κ1) is 68.8. The summed E-state index contributed by atoms with van der Waals surface area (Å²) in [5, 5.41) is 20.7. The van der Waals surface area contributed by atoms with Crippen molar-refractivity contribution in [2.24, 2.45) is 11.7 Å². The van der Waals surface area contributed by atoms with E-state index < -0.39 is 30.4 Å². The van der Waals surface area contributed by atoms with Crippen LogP contribution in [0.1, 0.15) is 140 Å². The average Bonchev–Trinajstić information content (AvgIpc) is 3.72. The summed E-state index contributed by atoms with van der Waals surface area (Å²) >= 11 is 0. The van der Waals surface area contributed by atoms with E-state index in [4.69, 9.17) is 10.5 Å². The zero-order chi connectivity index (χ0) is 52.7. The van der Waals surface area contributed by atoms with Gasteiger partial charge in [0.15, 0.2) is 0 Å². The van der Waals surface area contributed by atoms with Gasteiger partial charge in [-0.1, -0.05) is 111 Å². The molecule has 0 saturated carbocycles. The molecule has 390 valence electrons. The summed E-state index contributed by atoms with van der Waals surface area (Å²) in [6.45, 7) is 23.2. The van der Waals surface area contributed by atoms with Crippen molar-refractivity contribution in [3.8, 4) is 0 Å². The number of aromatic amines is 1. The monoisotopic (exact) mass is 963 g/mol. The highest BCUT2D eigenvalue weighted by Crippen LogP contribution is 2.20. The van der Waals surface area contributed by atoms with Crippen LogP contribution in [0.15, 0.2) is 42.6 Å². The summed E-state index contributed by atoms with van der Waals surface area (Å²) in [7, 11) is 1.31. The van der Waals surface area contributed by atoms with Crippen LogP contribution in [0.5, 0.6) is 0 Å². The van der Waals surface area contributed by atoms with Crippen molar-refractivity contribution in [2.75, 3.05) is 46.4 Å². The minimum Gasteiger partial charge on any atom is -0.480 e. The standard InChI is InChI=1S/C22H30N4O5.C9H18N2O2.C8H18N2O.C5H10.C4H10.C2H4O2/c1-3-9-25(15-27)13-20(28)24-19(22(31)26(10-4-2)14-21(29)30)11-16-12-23-18-8-6-5-7-17(16)18;1-7(2)4-8(3)11-9(13)5-10-6-12;1-3-4-5-7(2)10-8(11)6-9;1-3-5-4-2;1-3-4-2;1-4-2-3/h5-8,12,15,19,23H,3-4,9-11,13-14H2,1-2H3,(H,24,28)(H,29,30);6-8H,4-5H2,1-3H3,(H,10,12)(H,11,13);7H,3-6,9H2,1-2H3,(H,10,11);3,5H,4H2,1-2H3;3-4H2,1-2H3;2H,1H3/b;;;5-3+;;/t19-;;7-;;;/m0.1.../s1. The number of hydrogen-bond acceptors (Lipinski definition) is 10. The number of carbonyl (C=O) groups is 8. The van der Waals surface area contributed by atoms with E-state index in [1.807, 2.05) is 58.9 Å². The molecular weight excluding hydrogens is 873 g/mol. The molecule has 0 fully saturated rings. The van der Waals surface area contributed by atoms with Crippen LogP contribution in [0.3, 0.4) is 0 Å². The van der Waals surface area contributed by atoms with Crippen molar-refractivity contribution >= 4 is 59.8 Å². The smallest absolute Gasteiger partial charge is 0.323 e. The second-order valence-corrected chi connectivity index (χ2v) is 16.1. The van der Waals surface area contributed by atoms with Crippen LogP contribution in [-0.4, -0.2) is 133 Å². The molecule has 0 aliphatic rings. The third kappa shape index (κ3) is 40.5. The van der Waals surface area contributed by atoms with E-state index in [1.54, 1.807) is 6.20 Å². The number of unbranched alkanes of at least 4 members (excludes halogenated alkanes) is 2. The highest BCUT2D eigenvalue weighted by atomic mass is 16.5. The summed E-state index contributed by atoms with van der Waals surface area (Å²) in [4.78, 5) is 94.6. The maximum absolute atomic E-state index is 13.2. The van der Waals surface area contributed by atoms with E-state index in [-0.39, 0.29) is 56.5 Å². The Morgan fingerprint density at radius 2 is 1.41 bits per heavy atom. The Labute approximate surface area is 407 Å². The van der Waals surface area contributed by atoms with E-state index in [2.05, 4.69) is 84.7 Å². The average molecular weight is 963 g/mol. The Morgan fingerprint density at radius 3 is 1.87 bits per heavy atom. The van der Waals surface area contributed by atoms with Gasteiger partial charge in [0.05, 0.1) is 26.7 Å². The summed E-state index contributed by atoms with van der Waals surface area (Å²) in [6, 6.07) is 7.09. The summed E-state index contributed by atoms with van der Waals surface area (Å²) in [5.41, 5.74) is 6.88. The second-order valence-electron chi connectivity index (χ2n) is 16.1. The topological polar surface area (TPSA) is 262 Å². The lowest BCUT2D eigenvalue weighted by Crippen LogP contribution is -2.52. The fourth-order valence-electron chi connectivity index (χ4n) is 5.90. The van der Waals surface area contributed by atoms with Crippen LogP contribution in [-0.2, 0) is 49.5 Å². The number of nitrogens with zero attached hydrogens (tertiary/aromatic N) is 2. The number of carboxylic acids is 1. The Balaban J connectivity index is -0.000000453. The summed E-state index contributed by atoms with van der Waals surface area (Å²) < 4.78 is 3.86. The van der Waals surface area contributed by atoms with Gasteiger partial charge in [-0.05, 0) is 70.4 Å². The number of carboxylic acid groups (broad SMARTS) is 1. The molecule has 6 amide bonds. The first-order chi connectivity index (χ1) is 32.4. The van der Waals surface area contributed by atoms with Gasteiger partial charge in [0.25, 0.3) is 6.47 Å². The number of rotatable bonds is 27. The molecule has 1 aromatic heterocycles. The van der Waals surface area contributed by atoms with Crippen LogP contribution in [0.2, 0.25) is 0 Å². The minimum atomic E-state index is -1.12. The fraction of sp³-hybridized carbons (Fsp3) is 0.640. The quantitative estimate of drug-likeness (QED) is 0.0411. The molecule has 0 aliphatic carbocycles. The number of ether oxygens (including phenoxy) is 1. The maximum Gasteiger partial charge on any atom is 0.323 e. The predicted octanol–water partition coefficient (Wildman–Crippen LogP) is 5.88. The number of nitrogens with one attached hydrogen (secondary N) is 5. The predicted molar refractivity (Wildman–Crippen MR) is 272 cm³/mol. The SMILES string of the molecule is C/C=C/CC.CC(C)CC(C)NC(=O)CNC=O.CCCC.CCCC[C@@H](C)NC(=O)CN.CCCN(C=O)CC(=O)N[C@@H](Cc1c[nH]c2ccccc12)C(=O)N(CCC)CC(=O)O.COC=O. The Bertz CT molecular complexity index is 1650. The first-order valence-electron chi connectivity index (χ1n) is 24.0. The van der Waals surface area contributed by atoms with Gasteiger partial charge in [-0.25, -0.2) is 0 Å². The number of methoxy groups -OCH3 is 1. The van der Waals surface area contributed by atoms with Gasteiger partial charge >= 0.3 is 5.97 Å². The maximum atomic E-state index is 13.2. The number of hydrogen-bond donors (Lipinski definition) is 7. The van der Waals surface area contributed by atoms with Gasteiger partial charge < -0.3 is 51.6 Å². The summed E-state index contributed by atoms with van der Waals surface area (Å²) in [5.74, 6) is -1.68. The Morgan fingerprint density at radius 1 is 0.809 bits per heavy atom. The summed E-state index contributed by atoms with van der Waals surface area (Å²) in [6.07, 6.45) is 16.7. The molecule has 0 spiro atoms. The van der Waals surface area contributed by atoms with Crippen molar-refractivity contribution < 1.29 is 48.2 Å². The number of H-pyrrole nitrogens is 1. The number of fused-ring (bicyclic) bond motifs is 1. The van der Waals surface area contributed by atoms with Gasteiger partial charge in [-0.2, -0.15) is 0 Å². The van der Waals surface area contributed by atoms with Gasteiger partial charge in [-0.15, -0.1) is 0 Å². The molecule has 1 heterocycles. The zero-order valence-electron chi connectivity index (χ0n) is 43.5. The Hall–Kier alpha value is -5.78. The number of allylic oxidation sites excluding steroid dienone is 2. The van der Waals surface area contributed by atoms with Crippen LogP contribution in [0.4, 0.5) is 0 Å². The fourth-order valence-corrected chi connectivity index (χ4v) is 5.90. The van der Waals surface area contributed by atoms with E-state index in [9.17, 15) is 38.7 Å². The molecule has 0 radical (unpaired) electrons. The largest absolute Gasteiger partial charge is 0.480 e. The molecule has 1 aromatic carbocycles. The van der Waals surface area contributed by atoms with Crippen molar-refractivity contribution in [2.45, 2.75) is 158 Å². The highest BCUT2D eigenvalue weighted by Gasteiger charge is 2.28. The molecule has 3 atom stereocenters. The molecule has 2 aromatic rings. The molecule has 18 nitrogen and oxygen atoms in total. The van der Waals surface area contributed by atoms with Crippen LogP contribution < -0.4 is 27.0 Å². The molecule has 2 rings (SSSR count). The van der Waals surface area contributed by atoms with Crippen molar-refractivity contribution in [1.82, 2.24) is 36.1 Å². The van der Waals surface area contributed by atoms with Gasteiger partial charge in [0.1, 0.15) is 12.6 Å². The number of carbonyl (C=O) groups excluding carboxylic acids is 7. The van der Waals surface area contributed by atoms with E-state index in [1.165, 1.54) is 36.2 Å². The highest BCUT2D eigenvalue weighted by molar-refractivity contribution is 5.92. The molecule has 0 saturated heterocycles. The zero-order valence-corrected chi connectivity index (χ0v) is 43.5. The molecule has 0 bridgehead atoms. The number of aromatic nitrogens is 1. The number of benzene rings is 1. The lowest BCUT2D eigenvalue weighted by Gasteiger charge is -2.27. The van der Waals surface area contributed by atoms with Gasteiger partial charge in [0.2, 0.25) is 36.4 Å². The number of nitrogens with two attached hydrogens (primary N) is 1. The van der Waals surface area contributed by atoms with Crippen molar-refractivity contribution in [1.29, 1.82) is 0 Å². The Kier molecular flexibility index (Phi) is 48.3. The lowest BCUT2D eigenvalue weighted by molar-refractivity contribution is -0.146. The van der Waals surface area contributed by atoms with E-state index in [0.29, 0.717) is 44.6 Å². The number of aliphatic carboxylic acids is 1. The van der Waals surface area contributed by atoms with Gasteiger partial charge in [-0.3, -0.25) is 38.4 Å². The van der Waals surface area contributed by atoms with Crippen molar-refractivity contribution in [3.63, 3.8) is 0 Å². The van der Waals surface area contributed by atoms with Crippen LogP contribution in [0.25, 0.3) is 10.9 Å². The molecule has 18 heteroatoms. The molecule has 68 heavy (non-hydrogen) atoms. The minimum absolute atomic E-state index is 0.0614.